The Morgan fingerprint density at radius 3 is 2.21 bits per heavy atom. The Hall–Kier alpha value is -1.86. The van der Waals surface area contributed by atoms with Crippen LogP contribution in [0.5, 0.6) is 0 Å². The van der Waals surface area contributed by atoms with Gasteiger partial charge in [-0.15, -0.1) is 11.3 Å². The summed E-state index contributed by atoms with van der Waals surface area (Å²) in [4.78, 5) is 7.18. The molecule has 2 aromatic rings. The maximum Gasteiger partial charge on any atom is 0.191 e. The van der Waals surface area contributed by atoms with Crippen molar-refractivity contribution in [2.75, 3.05) is 13.3 Å². The number of hydrogen-bond acceptors (Lipinski definition) is 4. The van der Waals surface area contributed by atoms with Crippen LogP contribution in [-0.4, -0.2) is 27.7 Å². The van der Waals surface area contributed by atoms with Gasteiger partial charge in [0, 0.05) is 29.6 Å². The van der Waals surface area contributed by atoms with Gasteiger partial charge in [-0.2, -0.15) is 0 Å². The number of hydrogen-bond donors (Lipinski definition) is 2. The van der Waals surface area contributed by atoms with Crippen LogP contribution in [0.25, 0.3) is 0 Å². The van der Waals surface area contributed by atoms with Gasteiger partial charge in [0.15, 0.2) is 15.8 Å². The third-order valence-corrected chi connectivity index (χ3v) is 5.89. The Morgan fingerprint density at radius 2 is 1.67 bits per heavy atom. The van der Waals surface area contributed by atoms with E-state index in [1.807, 2.05) is 12.1 Å². The smallest absolute Gasteiger partial charge is 0.191 e. The predicted octanol–water partition coefficient (Wildman–Crippen LogP) is 2.58. The molecule has 0 saturated carbocycles. The zero-order valence-corrected chi connectivity index (χ0v) is 15.8. The SMILES string of the molecule is CCc1ccc(CNC(=NC)NCc2ccc(S(C)(=O)=O)cc2)s1. The number of thiophene rings is 1. The fourth-order valence-electron chi connectivity index (χ4n) is 2.14. The van der Waals surface area contributed by atoms with E-state index in [0.29, 0.717) is 17.4 Å². The van der Waals surface area contributed by atoms with E-state index in [4.69, 9.17) is 0 Å². The first-order valence-corrected chi connectivity index (χ1v) is 10.4. The van der Waals surface area contributed by atoms with Crippen molar-refractivity contribution in [3.05, 3.63) is 51.7 Å². The lowest BCUT2D eigenvalue weighted by molar-refractivity contribution is 0.602. The van der Waals surface area contributed by atoms with Crippen LogP contribution in [0.4, 0.5) is 0 Å². The molecule has 0 radical (unpaired) electrons. The number of sulfone groups is 1. The second-order valence-electron chi connectivity index (χ2n) is 5.42. The standard InChI is InChI=1S/C17H23N3O2S2/c1-4-14-7-8-15(23-14)12-20-17(18-2)19-11-13-5-9-16(10-6-13)24(3,21)22/h5-10H,4,11-12H2,1-3H3,(H2,18,19,20). The number of aryl methyl sites for hydroxylation is 1. The summed E-state index contributed by atoms with van der Waals surface area (Å²) in [6.07, 6.45) is 2.27. The second kappa shape index (κ2) is 8.30. The lowest BCUT2D eigenvalue weighted by Crippen LogP contribution is -2.36. The van der Waals surface area contributed by atoms with E-state index in [1.165, 1.54) is 16.0 Å². The molecule has 0 aliphatic heterocycles. The van der Waals surface area contributed by atoms with Crippen molar-refractivity contribution in [2.45, 2.75) is 31.3 Å². The van der Waals surface area contributed by atoms with Crippen molar-refractivity contribution in [1.29, 1.82) is 0 Å². The molecule has 24 heavy (non-hydrogen) atoms. The molecule has 0 fully saturated rings. The van der Waals surface area contributed by atoms with Crippen molar-refractivity contribution in [2.24, 2.45) is 4.99 Å². The number of rotatable bonds is 6. The molecule has 5 nitrogen and oxygen atoms in total. The van der Waals surface area contributed by atoms with Gasteiger partial charge in [0.2, 0.25) is 0 Å². The molecule has 0 saturated heterocycles. The molecule has 1 heterocycles. The maximum absolute atomic E-state index is 11.5. The number of nitrogens with one attached hydrogen (secondary N) is 2. The van der Waals surface area contributed by atoms with Gasteiger partial charge in [-0.1, -0.05) is 19.1 Å². The normalized spacial score (nSPS) is 12.2. The number of aliphatic imine (C=N–C) groups is 1. The minimum absolute atomic E-state index is 0.332. The minimum Gasteiger partial charge on any atom is -0.352 e. The molecular weight excluding hydrogens is 342 g/mol. The first-order valence-electron chi connectivity index (χ1n) is 7.73. The number of guanidine groups is 1. The average molecular weight is 366 g/mol. The topological polar surface area (TPSA) is 70.6 Å². The van der Waals surface area contributed by atoms with E-state index in [-0.39, 0.29) is 0 Å². The quantitative estimate of drug-likeness (QED) is 0.610. The lowest BCUT2D eigenvalue weighted by atomic mass is 10.2. The van der Waals surface area contributed by atoms with E-state index in [9.17, 15) is 8.42 Å². The summed E-state index contributed by atoms with van der Waals surface area (Å²) in [6, 6.07) is 11.2. The molecule has 0 atom stereocenters. The van der Waals surface area contributed by atoms with Gasteiger partial charge in [0.1, 0.15) is 0 Å². The summed E-state index contributed by atoms with van der Waals surface area (Å²) in [7, 11) is -1.42. The largest absolute Gasteiger partial charge is 0.352 e. The Bertz CT molecular complexity index is 793. The van der Waals surface area contributed by atoms with Crippen LogP contribution >= 0.6 is 11.3 Å². The molecule has 0 bridgehead atoms. The van der Waals surface area contributed by atoms with Gasteiger partial charge in [0.05, 0.1) is 11.4 Å². The van der Waals surface area contributed by atoms with Crippen molar-refractivity contribution in [3.63, 3.8) is 0 Å². The average Bonchev–Trinajstić information content (AvgIpc) is 3.02. The minimum atomic E-state index is -3.15. The molecule has 0 spiro atoms. The second-order valence-corrected chi connectivity index (χ2v) is 8.69. The van der Waals surface area contributed by atoms with Crippen LogP contribution < -0.4 is 10.6 Å². The highest BCUT2D eigenvalue weighted by molar-refractivity contribution is 7.90. The summed E-state index contributed by atoms with van der Waals surface area (Å²) < 4.78 is 22.9. The van der Waals surface area contributed by atoms with Gasteiger partial charge < -0.3 is 10.6 Å². The molecule has 130 valence electrons. The van der Waals surface area contributed by atoms with Crippen molar-refractivity contribution in [3.8, 4) is 0 Å². The Balaban J connectivity index is 1.87. The zero-order valence-electron chi connectivity index (χ0n) is 14.2. The van der Waals surface area contributed by atoms with Crippen LogP contribution in [0.1, 0.15) is 22.2 Å². The van der Waals surface area contributed by atoms with Crippen LogP contribution in [-0.2, 0) is 29.3 Å². The first-order chi connectivity index (χ1) is 11.4. The van der Waals surface area contributed by atoms with Crippen molar-refractivity contribution >= 4 is 27.1 Å². The highest BCUT2D eigenvalue weighted by Crippen LogP contribution is 2.16. The molecule has 2 rings (SSSR count). The molecule has 0 aliphatic rings. The Labute approximate surface area is 147 Å². The molecule has 1 aromatic carbocycles. The number of nitrogens with zero attached hydrogens (tertiary/aromatic N) is 1. The fraction of sp³-hybridized carbons (Fsp3) is 0.353. The maximum atomic E-state index is 11.5. The molecule has 0 aliphatic carbocycles. The van der Waals surface area contributed by atoms with Gasteiger partial charge >= 0.3 is 0 Å². The van der Waals surface area contributed by atoms with Crippen LogP contribution in [0, 0.1) is 0 Å². The van der Waals surface area contributed by atoms with E-state index in [0.717, 1.165) is 18.5 Å². The Morgan fingerprint density at radius 1 is 1.04 bits per heavy atom. The van der Waals surface area contributed by atoms with Crippen LogP contribution in [0.3, 0.4) is 0 Å². The zero-order chi connectivity index (χ0) is 17.6. The molecule has 1 aromatic heterocycles. The fourth-order valence-corrected chi connectivity index (χ4v) is 3.67. The molecule has 7 heteroatoms. The Kier molecular flexibility index (Phi) is 6.39. The van der Waals surface area contributed by atoms with Gasteiger partial charge in [0.25, 0.3) is 0 Å². The lowest BCUT2D eigenvalue weighted by Gasteiger charge is -2.11. The van der Waals surface area contributed by atoms with E-state index in [2.05, 4.69) is 34.7 Å². The summed E-state index contributed by atoms with van der Waals surface area (Å²) in [5, 5.41) is 6.51. The highest BCUT2D eigenvalue weighted by atomic mass is 32.2. The molecular formula is C17H23N3O2S2. The summed E-state index contributed by atoms with van der Waals surface area (Å²) in [6.45, 7) is 3.46. The molecule has 0 unspecified atom stereocenters. The third-order valence-electron chi connectivity index (χ3n) is 3.53. The first kappa shape index (κ1) is 18.5. The van der Waals surface area contributed by atoms with Gasteiger partial charge in [-0.05, 0) is 36.2 Å². The van der Waals surface area contributed by atoms with Gasteiger partial charge in [-0.25, -0.2) is 8.42 Å². The van der Waals surface area contributed by atoms with E-state index < -0.39 is 9.84 Å². The molecule has 2 N–H and O–H groups in total. The summed E-state index contributed by atoms with van der Waals surface area (Å²) >= 11 is 1.80. The predicted molar refractivity (Wildman–Crippen MR) is 100 cm³/mol. The van der Waals surface area contributed by atoms with Crippen LogP contribution in [0.2, 0.25) is 0 Å². The highest BCUT2D eigenvalue weighted by Gasteiger charge is 2.06. The monoisotopic (exact) mass is 365 g/mol. The summed E-state index contributed by atoms with van der Waals surface area (Å²) in [5.41, 5.74) is 0.995. The van der Waals surface area contributed by atoms with E-state index >= 15 is 0 Å². The number of benzene rings is 1. The van der Waals surface area contributed by atoms with E-state index in [1.54, 1.807) is 30.5 Å². The third kappa shape index (κ3) is 5.35. The van der Waals surface area contributed by atoms with Gasteiger partial charge in [-0.3, -0.25) is 4.99 Å². The van der Waals surface area contributed by atoms with Crippen molar-refractivity contribution in [1.82, 2.24) is 10.6 Å². The van der Waals surface area contributed by atoms with Crippen LogP contribution in [0.15, 0.2) is 46.3 Å². The summed E-state index contributed by atoms with van der Waals surface area (Å²) in [5.74, 6) is 0.716. The van der Waals surface area contributed by atoms with Crippen molar-refractivity contribution < 1.29 is 8.42 Å². The molecule has 0 amide bonds.